The molecule has 1 unspecified atom stereocenters. The molecule has 1 fully saturated rings. The third kappa shape index (κ3) is 1.67. The van der Waals surface area contributed by atoms with Gasteiger partial charge in [-0.3, -0.25) is 0 Å². The number of ether oxygens (including phenoxy) is 1. The maximum atomic E-state index is 5.34. The first-order valence-corrected chi connectivity index (χ1v) is 3.79. The van der Waals surface area contributed by atoms with E-state index in [1.165, 1.54) is 12.8 Å². The average Bonchev–Trinajstić information content (AvgIpc) is 2.19. The Kier molecular flexibility index (Phi) is 2.70. The molecule has 0 aromatic carbocycles. The number of thiol groups is 1. The van der Waals surface area contributed by atoms with Crippen molar-refractivity contribution in [1.29, 1.82) is 0 Å². The minimum atomic E-state index is 0.535. The fourth-order valence-corrected chi connectivity index (χ4v) is 1.30. The van der Waals surface area contributed by atoms with Gasteiger partial charge in [-0.15, -0.1) is 0 Å². The van der Waals surface area contributed by atoms with Gasteiger partial charge in [0.15, 0.2) is 0 Å². The highest BCUT2D eigenvalue weighted by Gasteiger charge is 2.13. The van der Waals surface area contributed by atoms with E-state index >= 15 is 0 Å². The molecule has 0 spiro atoms. The van der Waals surface area contributed by atoms with Gasteiger partial charge in [0.1, 0.15) is 0 Å². The second-order valence-corrected chi connectivity index (χ2v) is 2.59. The Balaban J connectivity index is 2.06. The molecular weight excluding hydrogens is 120 g/mol. The monoisotopic (exact) mass is 132 g/mol. The minimum Gasteiger partial charge on any atom is -0.378 e. The first-order valence-electron chi connectivity index (χ1n) is 3.16. The lowest BCUT2D eigenvalue weighted by Crippen LogP contribution is -2.04. The molecule has 0 saturated carbocycles. The van der Waals surface area contributed by atoms with Gasteiger partial charge in [-0.05, 0) is 25.0 Å². The second kappa shape index (κ2) is 3.36. The average molecular weight is 132 g/mol. The Labute approximate surface area is 55.8 Å². The Morgan fingerprint density at radius 1 is 1.62 bits per heavy atom. The van der Waals surface area contributed by atoms with Crippen molar-refractivity contribution in [3.05, 3.63) is 0 Å². The summed E-state index contributed by atoms with van der Waals surface area (Å²) in [5.41, 5.74) is 0. The molecule has 1 aliphatic rings. The summed E-state index contributed by atoms with van der Waals surface area (Å²) < 4.78 is 5.34. The predicted octanol–water partition coefficient (Wildman–Crippen LogP) is 1.49. The van der Waals surface area contributed by atoms with Crippen LogP contribution in [0, 0.1) is 0 Å². The summed E-state index contributed by atoms with van der Waals surface area (Å²) in [6.45, 7) is 0.971. The van der Waals surface area contributed by atoms with E-state index in [2.05, 4.69) is 12.6 Å². The highest BCUT2D eigenvalue weighted by Crippen LogP contribution is 2.14. The third-order valence-corrected chi connectivity index (χ3v) is 1.73. The molecule has 0 amide bonds. The van der Waals surface area contributed by atoms with Crippen molar-refractivity contribution in [2.24, 2.45) is 0 Å². The van der Waals surface area contributed by atoms with E-state index in [-0.39, 0.29) is 0 Å². The lowest BCUT2D eigenvalue weighted by molar-refractivity contribution is 0.109. The van der Waals surface area contributed by atoms with Crippen LogP contribution in [-0.2, 0) is 4.74 Å². The number of hydrogen-bond acceptors (Lipinski definition) is 2. The van der Waals surface area contributed by atoms with Gasteiger partial charge in [-0.1, -0.05) is 0 Å². The summed E-state index contributed by atoms with van der Waals surface area (Å²) in [7, 11) is 0. The fraction of sp³-hybridized carbons (Fsp3) is 1.00. The lowest BCUT2D eigenvalue weighted by Gasteiger charge is -2.04. The summed E-state index contributed by atoms with van der Waals surface area (Å²) in [6.07, 6.45) is 4.16. The molecule has 0 aromatic heterocycles. The molecule has 8 heavy (non-hydrogen) atoms. The van der Waals surface area contributed by atoms with Crippen LogP contribution in [0.1, 0.15) is 19.3 Å². The van der Waals surface area contributed by atoms with Crippen LogP contribution >= 0.6 is 12.6 Å². The molecule has 0 aliphatic carbocycles. The van der Waals surface area contributed by atoms with Crippen LogP contribution < -0.4 is 0 Å². The molecule has 1 aliphatic heterocycles. The largest absolute Gasteiger partial charge is 0.378 e. The smallest absolute Gasteiger partial charge is 0.0583 e. The summed E-state index contributed by atoms with van der Waals surface area (Å²) in [5.74, 6) is 0.963. The highest BCUT2D eigenvalue weighted by atomic mass is 32.1. The van der Waals surface area contributed by atoms with Gasteiger partial charge >= 0.3 is 0 Å². The SMILES string of the molecule is SCCC1CCCO1. The molecule has 1 atom stereocenters. The van der Waals surface area contributed by atoms with E-state index < -0.39 is 0 Å². The second-order valence-electron chi connectivity index (χ2n) is 2.15. The van der Waals surface area contributed by atoms with Crippen molar-refractivity contribution in [1.82, 2.24) is 0 Å². The molecule has 1 heterocycles. The van der Waals surface area contributed by atoms with Gasteiger partial charge in [-0.2, -0.15) is 12.6 Å². The van der Waals surface area contributed by atoms with E-state index in [0.717, 1.165) is 18.8 Å². The quantitative estimate of drug-likeness (QED) is 0.560. The Morgan fingerprint density at radius 3 is 3.00 bits per heavy atom. The van der Waals surface area contributed by atoms with E-state index in [9.17, 15) is 0 Å². The van der Waals surface area contributed by atoms with Crippen molar-refractivity contribution in [3.8, 4) is 0 Å². The van der Waals surface area contributed by atoms with E-state index in [0.29, 0.717) is 6.10 Å². The molecule has 1 saturated heterocycles. The Hall–Kier alpha value is 0.310. The zero-order valence-corrected chi connectivity index (χ0v) is 5.86. The summed E-state index contributed by atoms with van der Waals surface area (Å²) in [4.78, 5) is 0. The van der Waals surface area contributed by atoms with Crippen LogP contribution in [0.3, 0.4) is 0 Å². The number of rotatable bonds is 2. The van der Waals surface area contributed by atoms with Crippen LogP contribution in [0.5, 0.6) is 0 Å². The molecule has 1 rings (SSSR count). The van der Waals surface area contributed by atoms with Crippen LogP contribution in [0.15, 0.2) is 0 Å². The Bertz CT molecular complexity index is 59.5. The van der Waals surface area contributed by atoms with Crippen molar-refractivity contribution < 1.29 is 4.74 Å². The third-order valence-electron chi connectivity index (χ3n) is 1.48. The lowest BCUT2D eigenvalue weighted by atomic mass is 10.2. The van der Waals surface area contributed by atoms with Crippen LogP contribution in [0.2, 0.25) is 0 Å². The van der Waals surface area contributed by atoms with Crippen LogP contribution in [-0.4, -0.2) is 18.5 Å². The highest BCUT2D eigenvalue weighted by molar-refractivity contribution is 7.80. The van der Waals surface area contributed by atoms with Gasteiger partial charge < -0.3 is 4.74 Å². The molecule has 0 N–H and O–H groups in total. The molecule has 1 nitrogen and oxygen atoms in total. The minimum absolute atomic E-state index is 0.535. The zero-order chi connectivity index (χ0) is 5.82. The summed E-state index contributed by atoms with van der Waals surface area (Å²) in [6, 6.07) is 0. The first kappa shape index (κ1) is 6.43. The predicted molar refractivity (Wildman–Crippen MR) is 37.4 cm³/mol. The van der Waals surface area contributed by atoms with Gasteiger partial charge in [0.05, 0.1) is 6.10 Å². The molecular formula is C6H12OS. The first-order chi connectivity index (χ1) is 3.93. The summed E-state index contributed by atoms with van der Waals surface area (Å²) in [5, 5.41) is 0. The topological polar surface area (TPSA) is 9.23 Å². The molecule has 2 heteroatoms. The van der Waals surface area contributed by atoms with E-state index in [1.54, 1.807) is 0 Å². The van der Waals surface area contributed by atoms with Gasteiger partial charge in [0.2, 0.25) is 0 Å². The van der Waals surface area contributed by atoms with Gasteiger partial charge in [-0.25, -0.2) is 0 Å². The summed E-state index contributed by atoms with van der Waals surface area (Å²) >= 11 is 4.12. The number of hydrogen-bond donors (Lipinski definition) is 1. The molecule has 48 valence electrons. The van der Waals surface area contributed by atoms with E-state index in [1.807, 2.05) is 0 Å². The van der Waals surface area contributed by atoms with Gasteiger partial charge in [0.25, 0.3) is 0 Å². The van der Waals surface area contributed by atoms with Crippen LogP contribution in [0.25, 0.3) is 0 Å². The standard InChI is InChI=1S/C6H12OS/c8-5-3-6-2-1-4-7-6/h6,8H,1-5H2. The van der Waals surface area contributed by atoms with Crippen molar-refractivity contribution >= 4 is 12.6 Å². The van der Waals surface area contributed by atoms with Crippen molar-refractivity contribution in [2.75, 3.05) is 12.4 Å². The fourth-order valence-electron chi connectivity index (χ4n) is 1.02. The zero-order valence-electron chi connectivity index (χ0n) is 4.97. The molecule has 0 bridgehead atoms. The maximum Gasteiger partial charge on any atom is 0.0583 e. The van der Waals surface area contributed by atoms with Gasteiger partial charge in [0, 0.05) is 6.61 Å². The van der Waals surface area contributed by atoms with Crippen molar-refractivity contribution in [2.45, 2.75) is 25.4 Å². The Morgan fingerprint density at radius 2 is 2.50 bits per heavy atom. The molecule has 0 aromatic rings. The molecule has 0 radical (unpaired) electrons. The van der Waals surface area contributed by atoms with Crippen LogP contribution in [0.4, 0.5) is 0 Å². The normalized spacial score (nSPS) is 28.9. The maximum absolute atomic E-state index is 5.34. The van der Waals surface area contributed by atoms with Crippen molar-refractivity contribution in [3.63, 3.8) is 0 Å². The van der Waals surface area contributed by atoms with E-state index in [4.69, 9.17) is 4.74 Å².